The van der Waals surface area contributed by atoms with Gasteiger partial charge in [0.15, 0.2) is 0 Å². The second-order valence-electron chi connectivity index (χ2n) is 11.5. The molecular formula is C40H66N2. The molecule has 2 unspecified atom stereocenters. The largest absolute Gasteiger partial charge is 0.301 e. The number of allylic oxidation sites excluding steroid dienone is 6. The molecule has 0 amide bonds. The van der Waals surface area contributed by atoms with Crippen LogP contribution in [0.3, 0.4) is 0 Å². The molecule has 0 heterocycles. The highest BCUT2D eigenvalue weighted by Crippen LogP contribution is 2.31. The fraction of sp³-hybridized carbons (Fsp3) is 0.550. The molecule has 0 saturated carbocycles. The first-order valence-electron chi connectivity index (χ1n) is 16.1. The molecule has 0 aliphatic rings. The van der Waals surface area contributed by atoms with Gasteiger partial charge >= 0.3 is 0 Å². The fourth-order valence-electron chi connectivity index (χ4n) is 4.16. The molecule has 2 nitrogen and oxygen atoms in total. The van der Waals surface area contributed by atoms with Crippen LogP contribution in [0.2, 0.25) is 0 Å². The van der Waals surface area contributed by atoms with Crippen molar-refractivity contribution in [3.8, 4) is 6.07 Å². The second kappa shape index (κ2) is 29.6. The van der Waals surface area contributed by atoms with E-state index in [0.717, 1.165) is 46.5 Å². The van der Waals surface area contributed by atoms with Gasteiger partial charge in [0.1, 0.15) is 0 Å². The van der Waals surface area contributed by atoms with E-state index in [4.69, 9.17) is 5.26 Å². The Labute approximate surface area is 263 Å². The van der Waals surface area contributed by atoms with E-state index < -0.39 is 0 Å². The van der Waals surface area contributed by atoms with Crippen molar-refractivity contribution in [3.63, 3.8) is 0 Å². The molecule has 0 aliphatic heterocycles. The molecule has 236 valence electrons. The first-order chi connectivity index (χ1) is 19.9. The van der Waals surface area contributed by atoms with Crippen molar-refractivity contribution in [2.45, 2.75) is 120 Å². The maximum absolute atomic E-state index is 8.49. The first kappa shape index (κ1) is 43.5. The molecule has 0 N–H and O–H groups in total. The Kier molecular flexibility index (Phi) is 30.6. The highest BCUT2D eigenvalue weighted by molar-refractivity contribution is 5.63. The summed E-state index contributed by atoms with van der Waals surface area (Å²) < 4.78 is 0. The van der Waals surface area contributed by atoms with Gasteiger partial charge in [0.25, 0.3) is 0 Å². The summed E-state index contributed by atoms with van der Waals surface area (Å²) in [6, 6.07) is 9.46. The summed E-state index contributed by atoms with van der Waals surface area (Å²) in [7, 11) is 1.74. The Balaban J connectivity index is -0.000000515. The summed E-state index contributed by atoms with van der Waals surface area (Å²) in [5.74, 6) is 2.83. The quantitative estimate of drug-likeness (QED) is 0.0888. The molecule has 0 saturated heterocycles. The fourth-order valence-corrected chi connectivity index (χ4v) is 4.16. The maximum Gasteiger partial charge on any atom is 0.0991 e. The number of hydrogen-bond acceptors (Lipinski definition) is 2. The van der Waals surface area contributed by atoms with Crippen molar-refractivity contribution in [3.05, 3.63) is 90.6 Å². The van der Waals surface area contributed by atoms with Gasteiger partial charge in [0.05, 0.1) is 11.6 Å². The van der Waals surface area contributed by atoms with E-state index in [1.807, 2.05) is 26.0 Å². The summed E-state index contributed by atoms with van der Waals surface area (Å²) >= 11 is 0. The minimum Gasteiger partial charge on any atom is -0.301 e. The molecule has 0 bridgehead atoms. The molecule has 0 aliphatic carbocycles. The lowest BCUT2D eigenvalue weighted by Crippen LogP contribution is -2.19. The van der Waals surface area contributed by atoms with Gasteiger partial charge < -0.3 is 4.99 Å². The third kappa shape index (κ3) is 24.8. The summed E-state index contributed by atoms with van der Waals surface area (Å²) in [5, 5.41) is 8.49. The summed E-state index contributed by atoms with van der Waals surface area (Å²) in [6.45, 7) is 35.0. The molecule has 1 rings (SSSR count). The predicted octanol–water partition coefficient (Wildman–Crippen LogP) is 13.0. The molecule has 0 radical (unpaired) electrons. The monoisotopic (exact) mass is 575 g/mol. The van der Waals surface area contributed by atoms with Gasteiger partial charge in [-0.25, -0.2) is 0 Å². The number of nitrogens with zero attached hydrogens (tertiary/aromatic N) is 2. The zero-order chi connectivity index (χ0) is 32.9. The number of aliphatic imine (C=N–C) groups is 1. The van der Waals surface area contributed by atoms with Gasteiger partial charge in [-0.05, 0) is 74.3 Å². The standard InChI is InChI=1S/C16H34.C10H9N.C9H13N.C5H10/c1-6-9-10-13-14(4)15(5)16(11-7-2)12-8-3;1-8(2)10-5-3-9(7-11)4-6-10;1-5-8(2)9(3)6-7-10-4;1-4-5(2)3/h14-16H,6-13H2,1-5H3;3-6H,1H2,2H3;5,7H,1-3,6H2,4H3;4H,1-3H3. The van der Waals surface area contributed by atoms with E-state index in [-0.39, 0.29) is 0 Å². The number of nitriles is 1. The molecule has 0 aromatic heterocycles. The zero-order valence-corrected chi connectivity index (χ0v) is 29.4. The normalized spacial score (nSPS) is 11.3. The Bertz CT molecular complexity index is 942. The molecule has 2 heteroatoms. The van der Waals surface area contributed by atoms with E-state index in [2.05, 4.69) is 91.9 Å². The Morgan fingerprint density at radius 1 is 0.905 bits per heavy atom. The van der Waals surface area contributed by atoms with Gasteiger partial charge in [0, 0.05) is 19.7 Å². The highest BCUT2D eigenvalue weighted by Gasteiger charge is 2.20. The lowest BCUT2D eigenvalue weighted by Gasteiger charge is -2.28. The Hall–Kier alpha value is -2.92. The van der Waals surface area contributed by atoms with Crippen molar-refractivity contribution in [1.29, 1.82) is 5.26 Å². The maximum atomic E-state index is 8.49. The van der Waals surface area contributed by atoms with Gasteiger partial charge in [0.2, 0.25) is 0 Å². The van der Waals surface area contributed by atoms with Crippen LogP contribution in [-0.2, 0) is 0 Å². The molecule has 1 aromatic carbocycles. The summed E-state index contributed by atoms with van der Waals surface area (Å²) in [5.41, 5.74) is 6.04. The highest BCUT2D eigenvalue weighted by atomic mass is 14.6. The molecule has 1 aromatic rings. The second-order valence-corrected chi connectivity index (χ2v) is 11.5. The molecule has 0 fully saturated rings. The number of benzene rings is 1. The Morgan fingerprint density at radius 2 is 1.43 bits per heavy atom. The van der Waals surface area contributed by atoms with Crippen molar-refractivity contribution >= 4 is 11.8 Å². The Morgan fingerprint density at radius 3 is 1.79 bits per heavy atom. The lowest BCUT2D eigenvalue weighted by molar-refractivity contribution is 0.219. The van der Waals surface area contributed by atoms with E-state index in [9.17, 15) is 0 Å². The predicted molar refractivity (Wildman–Crippen MR) is 194 cm³/mol. The van der Waals surface area contributed by atoms with E-state index in [1.165, 1.54) is 56.9 Å². The lowest BCUT2D eigenvalue weighted by atomic mass is 9.77. The number of rotatable bonds is 15. The van der Waals surface area contributed by atoms with Crippen LogP contribution in [-0.4, -0.2) is 13.3 Å². The third-order valence-corrected chi connectivity index (χ3v) is 7.53. The molecule has 0 spiro atoms. The van der Waals surface area contributed by atoms with Crippen LogP contribution in [0, 0.1) is 29.1 Å². The van der Waals surface area contributed by atoms with Gasteiger partial charge in [-0.15, -0.1) is 0 Å². The topological polar surface area (TPSA) is 36.1 Å². The van der Waals surface area contributed by atoms with Gasteiger partial charge in [-0.1, -0.05) is 148 Å². The van der Waals surface area contributed by atoms with E-state index in [0.29, 0.717) is 5.56 Å². The van der Waals surface area contributed by atoms with Crippen molar-refractivity contribution < 1.29 is 0 Å². The SMILES string of the molecule is C=C(C)c1ccc(C#N)cc1.C=CC(=C)C(=C)CC=NC.CC=C(C)C.CCCCCC(C)C(C)C(CCC)CCC. The minimum absolute atomic E-state index is 0.690. The van der Waals surface area contributed by atoms with Crippen LogP contribution in [0.5, 0.6) is 0 Å². The van der Waals surface area contributed by atoms with Gasteiger partial charge in [-0.2, -0.15) is 5.26 Å². The van der Waals surface area contributed by atoms with Crippen LogP contribution >= 0.6 is 0 Å². The zero-order valence-electron chi connectivity index (χ0n) is 29.4. The van der Waals surface area contributed by atoms with Crippen LogP contribution < -0.4 is 0 Å². The van der Waals surface area contributed by atoms with Crippen LogP contribution in [0.4, 0.5) is 0 Å². The third-order valence-electron chi connectivity index (χ3n) is 7.53. The van der Waals surface area contributed by atoms with E-state index >= 15 is 0 Å². The van der Waals surface area contributed by atoms with E-state index in [1.54, 1.807) is 31.5 Å². The van der Waals surface area contributed by atoms with Crippen molar-refractivity contribution in [2.75, 3.05) is 7.05 Å². The summed E-state index contributed by atoms with van der Waals surface area (Å²) in [4.78, 5) is 3.83. The smallest absolute Gasteiger partial charge is 0.0991 e. The van der Waals surface area contributed by atoms with Crippen molar-refractivity contribution in [2.24, 2.45) is 22.7 Å². The molecular weight excluding hydrogens is 508 g/mol. The first-order valence-corrected chi connectivity index (χ1v) is 16.1. The molecule has 2 atom stereocenters. The number of hydrogen-bond donors (Lipinski definition) is 0. The summed E-state index contributed by atoms with van der Waals surface area (Å²) in [6.07, 6.45) is 17.6. The molecule has 42 heavy (non-hydrogen) atoms. The van der Waals surface area contributed by atoms with Crippen LogP contribution in [0.15, 0.2) is 84.4 Å². The van der Waals surface area contributed by atoms with Crippen LogP contribution in [0.25, 0.3) is 5.57 Å². The van der Waals surface area contributed by atoms with Crippen molar-refractivity contribution in [1.82, 2.24) is 0 Å². The van der Waals surface area contributed by atoms with Gasteiger partial charge in [-0.3, -0.25) is 0 Å². The van der Waals surface area contributed by atoms with Crippen LogP contribution in [0.1, 0.15) is 131 Å². The number of unbranched alkanes of at least 4 members (excludes halogenated alkanes) is 2. The average molecular weight is 575 g/mol. The minimum atomic E-state index is 0.690. The average Bonchev–Trinajstić information content (AvgIpc) is 2.99.